The molecule has 2 heterocycles. The summed E-state index contributed by atoms with van der Waals surface area (Å²) in [6.45, 7) is -0.830. The minimum absolute atomic E-state index is 0.0141. The number of benzene rings is 2. The lowest BCUT2D eigenvalue weighted by Crippen LogP contribution is -2.44. The smallest absolute Gasteiger partial charge is 0.257 e. The summed E-state index contributed by atoms with van der Waals surface area (Å²) in [5, 5.41) is 2.99. The lowest BCUT2D eigenvalue weighted by Gasteiger charge is -2.36. The molecule has 8 heteroatoms. The zero-order valence-electron chi connectivity index (χ0n) is 14.7. The van der Waals surface area contributed by atoms with E-state index in [1.54, 1.807) is 30.3 Å². The molecular weight excluding hydrogens is 389 g/mol. The summed E-state index contributed by atoms with van der Waals surface area (Å²) in [7, 11) is 0. The Balaban J connectivity index is 1.73. The van der Waals surface area contributed by atoms with Crippen LogP contribution >= 0.6 is 11.8 Å². The fourth-order valence-corrected chi connectivity index (χ4v) is 4.88. The standard InChI is InChI=1S/C20H17F3N2O2S/c21-9-16-14-10-28-19(24-18(26)12-5-2-1-3-6-12)25-20(14,11-27-16)13-7-4-8-15(22)17(13)23/h1-8,14,16H,9-11H2,(H,24,25,26)/t14-,16?,20-/m1/s1. The van der Waals surface area contributed by atoms with E-state index < -0.39 is 35.9 Å². The maximum absolute atomic E-state index is 14.6. The van der Waals surface area contributed by atoms with E-state index in [2.05, 4.69) is 10.3 Å². The monoisotopic (exact) mass is 406 g/mol. The van der Waals surface area contributed by atoms with Crippen molar-refractivity contribution < 1.29 is 22.7 Å². The van der Waals surface area contributed by atoms with Crippen molar-refractivity contribution in [1.82, 2.24) is 5.32 Å². The second kappa shape index (κ2) is 7.60. The third-order valence-electron chi connectivity index (χ3n) is 5.11. The number of thioether (sulfide) groups is 1. The Morgan fingerprint density at radius 3 is 2.75 bits per heavy atom. The van der Waals surface area contributed by atoms with Crippen LogP contribution in [0.2, 0.25) is 0 Å². The van der Waals surface area contributed by atoms with E-state index >= 15 is 0 Å². The molecule has 0 bridgehead atoms. The molecule has 4 nitrogen and oxygen atoms in total. The molecule has 2 aliphatic heterocycles. The average Bonchev–Trinajstić information content (AvgIpc) is 3.09. The van der Waals surface area contributed by atoms with Crippen molar-refractivity contribution in [2.45, 2.75) is 11.6 Å². The number of nitrogens with one attached hydrogen (secondary N) is 1. The summed E-state index contributed by atoms with van der Waals surface area (Å²) < 4.78 is 47.5. The van der Waals surface area contributed by atoms with Gasteiger partial charge in [0.1, 0.15) is 12.2 Å². The summed E-state index contributed by atoms with van der Waals surface area (Å²) in [5.41, 5.74) is -0.823. The van der Waals surface area contributed by atoms with Crippen LogP contribution in [0.5, 0.6) is 0 Å². The molecule has 2 aliphatic rings. The molecule has 1 unspecified atom stereocenters. The van der Waals surface area contributed by atoms with Crippen molar-refractivity contribution >= 4 is 22.8 Å². The predicted octanol–water partition coefficient (Wildman–Crippen LogP) is 3.68. The van der Waals surface area contributed by atoms with Crippen molar-refractivity contribution in [3.05, 3.63) is 71.3 Å². The van der Waals surface area contributed by atoms with Crippen LogP contribution in [0.25, 0.3) is 0 Å². The highest BCUT2D eigenvalue weighted by Gasteiger charge is 2.54. The summed E-state index contributed by atoms with van der Waals surface area (Å²) >= 11 is 1.24. The number of fused-ring (bicyclic) bond motifs is 1. The van der Waals surface area contributed by atoms with Crippen LogP contribution in [0.1, 0.15) is 15.9 Å². The van der Waals surface area contributed by atoms with Gasteiger partial charge in [0.25, 0.3) is 5.91 Å². The molecular formula is C20H17F3N2O2S. The first kappa shape index (κ1) is 19.0. The normalized spacial score (nSPS) is 26.5. The Morgan fingerprint density at radius 1 is 1.21 bits per heavy atom. The number of amidine groups is 1. The molecule has 3 atom stereocenters. The number of hydrogen-bond donors (Lipinski definition) is 1. The van der Waals surface area contributed by atoms with Gasteiger partial charge in [-0.1, -0.05) is 42.1 Å². The third-order valence-corrected chi connectivity index (χ3v) is 6.10. The van der Waals surface area contributed by atoms with Gasteiger partial charge in [-0.15, -0.1) is 0 Å². The summed E-state index contributed by atoms with van der Waals surface area (Å²) in [6.07, 6.45) is -0.759. The quantitative estimate of drug-likeness (QED) is 0.846. The third kappa shape index (κ3) is 3.20. The van der Waals surface area contributed by atoms with Crippen molar-refractivity contribution in [2.24, 2.45) is 10.9 Å². The first-order valence-electron chi connectivity index (χ1n) is 8.76. The number of ether oxygens (including phenoxy) is 1. The van der Waals surface area contributed by atoms with E-state index in [1.807, 2.05) is 0 Å². The van der Waals surface area contributed by atoms with E-state index in [0.717, 1.165) is 6.07 Å². The molecule has 1 N–H and O–H groups in total. The molecule has 4 rings (SSSR count). The van der Waals surface area contributed by atoms with Crippen molar-refractivity contribution in [3.8, 4) is 0 Å². The van der Waals surface area contributed by atoms with E-state index in [1.165, 1.54) is 23.9 Å². The molecule has 0 aliphatic carbocycles. The van der Waals surface area contributed by atoms with E-state index in [0.29, 0.717) is 11.3 Å². The second-order valence-corrected chi connectivity index (χ2v) is 7.69. The van der Waals surface area contributed by atoms with Crippen molar-refractivity contribution in [3.63, 3.8) is 0 Å². The molecule has 0 aromatic heterocycles. The van der Waals surface area contributed by atoms with Crippen LogP contribution in [0.3, 0.4) is 0 Å². The van der Waals surface area contributed by atoms with Crippen LogP contribution in [-0.2, 0) is 10.3 Å². The first-order valence-corrected chi connectivity index (χ1v) is 9.75. The Hall–Kier alpha value is -2.32. The van der Waals surface area contributed by atoms with Gasteiger partial charge < -0.3 is 10.1 Å². The minimum atomic E-state index is -1.28. The van der Waals surface area contributed by atoms with Crippen LogP contribution < -0.4 is 5.32 Å². The van der Waals surface area contributed by atoms with Crippen LogP contribution in [0, 0.1) is 17.6 Å². The fourth-order valence-electron chi connectivity index (χ4n) is 3.66. The number of amides is 1. The van der Waals surface area contributed by atoms with Crippen molar-refractivity contribution in [2.75, 3.05) is 19.0 Å². The topological polar surface area (TPSA) is 50.7 Å². The largest absolute Gasteiger partial charge is 0.372 e. The van der Waals surface area contributed by atoms with Gasteiger partial charge in [0.05, 0.1) is 12.7 Å². The van der Waals surface area contributed by atoms with Gasteiger partial charge in [-0.25, -0.2) is 18.2 Å². The maximum atomic E-state index is 14.6. The summed E-state index contributed by atoms with van der Waals surface area (Å²) in [6, 6.07) is 12.4. The Kier molecular flexibility index (Phi) is 5.16. The Morgan fingerprint density at radius 2 is 2.00 bits per heavy atom. The van der Waals surface area contributed by atoms with E-state index in [9.17, 15) is 18.0 Å². The van der Waals surface area contributed by atoms with Gasteiger partial charge in [0.15, 0.2) is 16.8 Å². The number of hydrogen-bond acceptors (Lipinski definition) is 4. The fraction of sp³-hybridized carbons (Fsp3) is 0.300. The van der Waals surface area contributed by atoms with Crippen LogP contribution in [-0.4, -0.2) is 36.2 Å². The zero-order chi connectivity index (χ0) is 19.7. The van der Waals surface area contributed by atoms with Crippen LogP contribution in [0.15, 0.2) is 53.5 Å². The Bertz CT molecular complexity index is 925. The summed E-state index contributed by atoms with van der Waals surface area (Å²) in [5.74, 6) is -2.51. The lowest BCUT2D eigenvalue weighted by atomic mass is 9.79. The minimum Gasteiger partial charge on any atom is -0.372 e. The Labute approximate surface area is 164 Å². The van der Waals surface area contributed by atoms with Gasteiger partial charge in [-0.2, -0.15) is 0 Å². The molecule has 0 radical (unpaired) electrons. The SMILES string of the molecule is O=C(NC1=N[C@@]2(c3cccc(F)c3F)COC(CF)[C@H]2CS1)c1ccccc1. The molecule has 0 spiro atoms. The number of carbonyl (C=O) groups is 1. The molecule has 2 aromatic carbocycles. The van der Waals surface area contributed by atoms with Gasteiger partial charge in [-0.05, 0) is 18.2 Å². The summed E-state index contributed by atoms with van der Waals surface area (Å²) in [4.78, 5) is 17.0. The highest BCUT2D eigenvalue weighted by atomic mass is 32.2. The first-order chi connectivity index (χ1) is 13.5. The lowest BCUT2D eigenvalue weighted by molar-refractivity contribution is 0.0720. The number of carbonyl (C=O) groups excluding carboxylic acids is 1. The second-order valence-electron chi connectivity index (χ2n) is 6.68. The zero-order valence-corrected chi connectivity index (χ0v) is 15.5. The van der Waals surface area contributed by atoms with Crippen molar-refractivity contribution in [1.29, 1.82) is 0 Å². The molecule has 28 heavy (non-hydrogen) atoms. The molecule has 1 amide bonds. The van der Waals surface area contributed by atoms with Gasteiger partial charge >= 0.3 is 0 Å². The number of nitrogens with zero attached hydrogens (tertiary/aromatic N) is 1. The number of rotatable bonds is 3. The van der Waals surface area contributed by atoms with E-state index in [-0.39, 0.29) is 23.2 Å². The average molecular weight is 406 g/mol. The van der Waals surface area contributed by atoms with Gasteiger partial charge in [0.2, 0.25) is 0 Å². The van der Waals surface area contributed by atoms with E-state index in [4.69, 9.17) is 4.74 Å². The number of halogens is 3. The molecule has 0 saturated carbocycles. The molecule has 1 saturated heterocycles. The van der Waals surface area contributed by atoms with Crippen LogP contribution in [0.4, 0.5) is 13.2 Å². The highest BCUT2D eigenvalue weighted by Crippen LogP contribution is 2.48. The van der Waals surface area contributed by atoms with Gasteiger partial charge in [-0.3, -0.25) is 4.79 Å². The predicted molar refractivity (Wildman–Crippen MR) is 101 cm³/mol. The highest BCUT2D eigenvalue weighted by molar-refractivity contribution is 8.13. The van der Waals surface area contributed by atoms with Gasteiger partial charge in [0, 0.05) is 22.8 Å². The molecule has 2 aromatic rings. The number of alkyl halides is 1. The molecule has 1 fully saturated rings. The molecule has 146 valence electrons. The maximum Gasteiger partial charge on any atom is 0.257 e. The number of aliphatic imine (C=N–C) groups is 1.